The lowest BCUT2D eigenvalue weighted by Gasteiger charge is -2.22. The van der Waals surface area contributed by atoms with Gasteiger partial charge in [0, 0.05) is 6.92 Å². The average molecular weight is 325 g/mol. The molecule has 1 aromatic rings. The molecule has 1 aromatic heterocycles. The Labute approximate surface area is 135 Å². The van der Waals surface area contributed by atoms with Gasteiger partial charge in [-0.15, -0.1) is 0 Å². The Morgan fingerprint density at radius 3 is 2.48 bits per heavy atom. The number of nitrogens with one attached hydrogen (secondary N) is 2. The van der Waals surface area contributed by atoms with E-state index in [0.29, 0.717) is 12.8 Å². The fraction of sp³-hybridized carbons (Fsp3) is 0.600. The lowest BCUT2D eigenvalue weighted by atomic mass is 10.1. The molecule has 1 rings (SSSR count). The molecule has 8 nitrogen and oxygen atoms in total. The third-order valence-electron chi connectivity index (χ3n) is 2.67. The molecule has 2 N–H and O–H groups in total. The molecule has 0 aliphatic carbocycles. The first-order valence-corrected chi connectivity index (χ1v) is 7.39. The summed E-state index contributed by atoms with van der Waals surface area (Å²) in [6.07, 6.45) is 1.65. The van der Waals surface area contributed by atoms with E-state index in [4.69, 9.17) is 9.15 Å². The first-order valence-electron chi connectivity index (χ1n) is 7.39. The van der Waals surface area contributed by atoms with Crippen LogP contribution in [0.15, 0.2) is 10.6 Å². The van der Waals surface area contributed by atoms with Gasteiger partial charge in [0.2, 0.25) is 0 Å². The molecule has 8 heteroatoms. The number of aromatic nitrogens is 1. The number of carbonyl (C=O) groups is 3. The summed E-state index contributed by atoms with van der Waals surface area (Å²) in [5.74, 6) is -0.739. The molecular weight excluding hydrogens is 302 g/mol. The Bertz CT molecular complexity index is 574. The van der Waals surface area contributed by atoms with Crippen molar-refractivity contribution < 1.29 is 23.5 Å². The number of ketones is 1. The summed E-state index contributed by atoms with van der Waals surface area (Å²) in [7, 11) is 0. The van der Waals surface area contributed by atoms with Crippen molar-refractivity contribution in [3.63, 3.8) is 0 Å². The van der Waals surface area contributed by atoms with E-state index >= 15 is 0 Å². The van der Waals surface area contributed by atoms with Crippen LogP contribution in [-0.4, -0.2) is 34.4 Å². The van der Waals surface area contributed by atoms with Crippen LogP contribution in [0, 0.1) is 0 Å². The summed E-state index contributed by atoms with van der Waals surface area (Å²) >= 11 is 0. The number of anilines is 1. The van der Waals surface area contributed by atoms with Gasteiger partial charge in [-0.1, -0.05) is 13.3 Å². The van der Waals surface area contributed by atoms with Gasteiger partial charge in [0.1, 0.15) is 11.6 Å². The third kappa shape index (κ3) is 6.50. The third-order valence-corrected chi connectivity index (χ3v) is 2.67. The van der Waals surface area contributed by atoms with E-state index in [9.17, 15) is 14.4 Å². The summed E-state index contributed by atoms with van der Waals surface area (Å²) in [6, 6.07) is -0.880. The highest BCUT2D eigenvalue weighted by molar-refractivity contribution is 5.96. The van der Waals surface area contributed by atoms with E-state index in [1.54, 1.807) is 20.8 Å². The van der Waals surface area contributed by atoms with Gasteiger partial charge in [-0.2, -0.15) is 0 Å². The van der Waals surface area contributed by atoms with Crippen molar-refractivity contribution in [2.24, 2.45) is 0 Å². The van der Waals surface area contributed by atoms with E-state index in [1.807, 2.05) is 6.92 Å². The van der Waals surface area contributed by atoms with Crippen molar-refractivity contribution in [3.8, 4) is 0 Å². The second-order valence-electron chi connectivity index (χ2n) is 6.06. The normalized spacial score (nSPS) is 12.4. The summed E-state index contributed by atoms with van der Waals surface area (Å²) < 4.78 is 10.2. The van der Waals surface area contributed by atoms with Crippen molar-refractivity contribution in [3.05, 3.63) is 12.0 Å². The van der Waals surface area contributed by atoms with Crippen LogP contribution in [0.25, 0.3) is 0 Å². The van der Waals surface area contributed by atoms with Crippen LogP contribution in [0.5, 0.6) is 0 Å². The summed E-state index contributed by atoms with van der Waals surface area (Å²) in [5.41, 5.74) is -0.656. The van der Waals surface area contributed by atoms with E-state index in [0.717, 1.165) is 0 Å². The van der Waals surface area contributed by atoms with Gasteiger partial charge in [-0.05, 0) is 27.2 Å². The number of oxazole rings is 1. The van der Waals surface area contributed by atoms with Gasteiger partial charge < -0.3 is 14.5 Å². The van der Waals surface area contributed by atoms with E-state index in [-0.39, 0.29) is 17.6 Å². The smallest absolute Gasteiger partial charge is 0.408 e. The molecule has 0 saturated heterocycles. The number of hydrogen-bond acceptors (Lipinski definition) is 6. The Balaban J connectivity index is 2.69. The number of Topliss-reactive ketones (excluding diaryl/α,β-unsaturated/α-hetero) is 1. The van der Waals surface area contributed by atoms with Gasteiger partial charge in [0.15, 0.2) is 11.5 Å². The van der Waals surface area contributed by atoms with Crippen molar-refractivity contribution in [2.45, 2.75) is 59.1 Å². The molecule has 23 heavy (non-hydrogen) atoms. The van der Waals surface area contributed by atoms with Crippen LogP contribution in [0.4, 0.5) is 10.8 Å². The first-order chi connectivity index (χ1) is 10.6. The predicted octanol–water partition coefficient (Wildman–Crippen LogP) is 2.51. The maximum absolute atomic E-state index is 12.2. The number of ether oxygens (including phenoxy) is 1. The Morgan fingerprint density at radius 2 is 2.00 bits per heavy atom. The first kappa shape index (κ1) is 18.7. The molecule has 0 aromatic carbocycles. The fourth-order valence-corrected chi connectivity index (χ4v) is 1.69. The molecule has 1 atom stereocenters. The SMILES string of the molecule is CCC[C@H](NC(=O)OC(C)(C)C)C(=O)Nc1ncc(C(C)=O)o1. The number of nitrogens with zero attached hydrogens (tertiary/aromatic N) is 1. The molecule has 1 heterocycles. The fourth-order valence-electron chi connectivity index (χ4n) is 1.69. The molecule has 0 unspecified atom stereocenters. The molecule has 0 fully saturated rings. The average Bonchev–Trinajstić information content (AvgIpc) is 2.84. The second kappa shape index (κ2) is 7.75. The minimum absolute atomic E-state index is 0.0486. The van der Waals surface area contributed by atoms with Crippen LogP contribution in [0.2, 0.25) is 0 Å². The van der Waals surface area contributed by atoms with Crippen LogP contribution in [0.3, 0.4) is 0 Å². The van der Waals surface area contributed by atoms with E-state index < -0.39 is 23.6 Å². The number of amides is 2. The highest BCUT2D eigenvalue weighted by atomic mass is 16.6. The molecule has 128 valence electrons. The molecule has 0 spiro atoms. The Hall–Kier alpha value is -2.38. The predicted molar refractivity (Wildman–Crippen MR) is 83.2 cm³/mol. The zero-order valence-corrected chi connectivity index (χ0v) is 14.1. The molecule has 0 aliphatic rings. The monoisotopic (exact) mass is 325 g/mol. The van der Waals surface area contributed by atoms with E-state index in [2.05, 4.69) is 15.6 Å². The Morgan fingerprint density at radius 1 is 1.35 bits per heavy atom. The largest absolute Gasteiger partial charge is 0.444 e. The molecular formula is C15H23N3O5. The summed E-state index contributed by atoms with van der Waals surface area (Å²) in [4.78, 5) is 38.9. The maximum atomic E-state index is 12.2. The minimum Gasteiger partial charge on any atom is -0.444 e. The lowest BCUT2D eigenvalue weighted by Crippen LogP contribution is -2.45. The van der Waals surface area contributed by atoms with Crippen LogP contribution >= 0.6 is 0 Å². The van der Waals surface area contributed by atoms with Crippen molar-refractivity contribution in [1.82, 2.24) is 10.3 Å². The molecule has 0 aliphatic heterocycles. The van der Waals surface area contributed by atoms with Gasteiger partial charge >= 0.3 is 12.1 Å². The highest BCUT2D eigenvalue weighted by Gasteiger charge is 2.24. The highest BCUT2D eigenvalue weighted by Crippen LogP contribution is 2.11. The number of rotatable bonds is 6. The lowest BCUT2D eigenvalue weighted by molar-refractivity contribution is -0.118. The zero-order valence-electron chi connectivity index (χ0n) is 14.1. The molecule has 0 saturated carbocycles. The van der Waals surface area contributed by atoms with Gasteiger partial charge in [-0.3, -0.25) is 14.9 Å². The Kier molecular flexibility index (Phi) is 6.29. The van der Waals surface area contributed by atoms with Gasteiger partial charge in [0.05, 0.1) is 6.20 Å². The standard InChI is InChI=1S/C15H23N3O5/c1-6-7-10(17-14(21)23-15(3,4)5)12(20)18-13-16-8-11(22-13)9(2)19/h8,10H,6-7H2,1-5H3,(H,17,21)(H,16,18,20)/t10-/m0/s1. The summed E-state index contributed by atoms with van der Waals surface area (Å²) in [5, 5.41) is 4.95. The van der Waals surface area contributed by atoms with E-state index in [1.165, 1.54) is 13.1 Å². The van der Waals surface area contributed by atoms with Crippen LogP contribution in [0.1, 0.15) is 58.0 Å². The number of carbonyl (C=O) groups excluding carboxylic acids is 3. The van der Waals surface area contributed by atoms with Crippen LogP contribution in [-0.2, 0) is 9.53 Å². The zero-order chi connectivity index (χ0) is 17.6. The summed E-state index contributed by atoms with van der Waals surface area (Å²) in [6.45, 7) is 8.42. The van der Waals surface area contributed by atoms with Gasteiger partial charge in [-0.25, -0.2) is 9.78 Å². The number of alkyl carbamates (subject to hydrolysis) is 1. The molecule has 0 bridgehead atoms. The number of hydrogen-bond donors (Lipinski definition) is 2. The van der Waals surface area contributed by atoms with Crippen molar-refractivity contribution in [1.29, 1.82) is 0 Å². The van der Waals surface area contributed by atoms with Crippen molar-refractivity contribution in [2.75, 3.05) is 5.32 Å². The molecule has 0 radical (unpaired) electrons. The molecule has 2 amide bonds. The minimum atomic E-state index is -0.789. The quantitative estimate of drug-likeness (QED) is 0.777. The van der Waals surface area contributed by atoms with Gasteiger partial charge in [0.25, 0.3) is 5.91 Å². The van der Waals surface area contributed by atoms with Crippen molar-refractivity contribution >= 4 is 23.8 Å². The van der Waals surface area contributed by atoms with Crippen LogP contribution < -0.4 is 10.6 Å². The second-order valence-corrected chi connectivity index (χ2v) is 6.06. The maximum Gasteiger partial charge on any atom is 0.408 e. The topological polar surface area (TPSA) is 111 Å².